The molecule has 0 atom stereocenters. The van der Waals surface area contributed by atoms with Crippen LogP contribution in [0.3, 0.4) is 0 Å². The summed E-state index contributed by atoms with van der Waals surface area (Å²) in [5.41, 5.74) is 6.16. The van der Waals surface area contributed by atoms with Crippen molar-refractivity contribution in [3.8, 4) is 22.3 Å². The molecule has 3 aromatic carbocycles. The Morgan fingerprint density at radius 1 is 0.579 bits per heavy atom. The average Bonchev–Trinajstić information content (AvgIpc) is 2.94. The van der Waals surface area contributed by atoms with E-state index in [0.717, 1.165) is 44.5 Å². The lowest BCUT2D eigenvalue weighted by molar-refractivity contribution is 1.21. The molecule has 38 heavy (non-hydrogen) atoms. The second-order valence-corrected chi connectivity index (χ2v) is 9.44. The van der Waals surface area contributed by atoms with Gasteiger partial charge < -0.3 is 10.6 Å². The van der Waals surface area contributed by atoms with Crippen LogP contribution in [0.25, 0.3) is 33.2 Å². The quantitative estimate of drug-likeness (QED) is 0.223. The van der Waals surface area contributed by atoms with Gasteiger partial charge >= 0.3 is 0 Å². The maximum atomic E-state index is 6.28. The highest BCUT2D eigenvalue weighted by atomic mass is 35.5. The van der Waals surface area contributed by atoms with Crippen molar-refractivity contribution in [2.24, 2.45) is 0 Å². The number of anilines is 4. The molecular weight excluding hydrogens is 515 g/mol. The molecule has 0 aliphatic carbocycles. The van der Waals surface area contributed by atoms with Crippen molar-refractivity contribution in [3.05, 3.63) is 120 Å². The number of pyridine rings is 2. The molecule has 0 aliphatic rings. The fourth-order valence-corrected chi connectivity index (χ4v) is 4.60. The Kier molecular flexibility index (Phi) is 6.56. The van der Waals surface area contributed by atoms with Gasteiger partial charge in [-0.1, -0.05) is 47.5 Å². The Morgan fingerprint density at radius 3 is 1.87 bits per heavy atom. The zero-order chi connectivity index (χ0) is 25.9. The third-order valence-corrected chi connectivity index (χ3v) is 6.41. The fourth-order valence-electron chi connectivity index (χ4n) is 4.22. The van der Waals surface area contributed by atoms with Crippen molar-refractivity contribution in [1.82, 2.24) is 19.9 Å². The third kappa shape index (κ3) is 5.13. The van der Waals surface area contributed by atoms with Crippen LogP contribution in [0, 0.1) is 0 Å². The number of hydrogen-bond acceptors (Lipinski definition) is 6. The lowest BCUT2D eigenvalue weighted by Gasteiger charge is -2.16. The average molecular weight is 535 g/mol. The van der Waals surface area contributed by atoms with E-state index in [1.807, 2.05) is 85.2 Å². The number of nitrogens with one attached hydrogen (secondary N) is 2. The highest BCUT2D eigenvalue weighted by molar-refractivity contribution is 6.31. The van der Waals surface area contributed by atoms with Crippen LogP contribution >= 0.6 is 23.2 Å². The Hall–Kier alpha value is -4.52. The normalized spacial score (nSPS) is 10.9. The second-order valence-electron chi connectivity index (χ2n) is 8.57. The van der Waals surface area contributed by atoms with Crippen molar-refractivity contribution in [1.29, 1.82) is 0 Å². The van der Waals surface area contributed by atoms with E-state index >= 15 is 0 Å². The van der Waals surface area contributed by atoms with Crippen LogP contribution < -0.4 is 10.6 Å². The number of aromatic nitrogens is 4. The minimum absolute atomic E-state index is 0.420. The maximum absolute atomic E-state index is 6.28. The molecule has 6 rings (SSSR count). The van der Waals surface area contributed by atoms with E-state index in [0.29, 0.717) is 21.8 Å². The second kappa shape index (κ2) is 10.5. The highest BCUT2D eigenvalue weighted by Gasteiger charge is 2.16. The lowest BCUT2D eigenvalue weighted by Crippen LogP contribution is -2.03. The molecule has 6 nitrogen and oxygen atoms in total. The summed E-state index contributed by atoms with van der Waals surface area (Å²) in [7, 11) is 0. The maximum Gasteiger partial charge on any atom is 0.229 e. The van der Waals surface area contributed by atoms with Gasteiger partial charge in [0.25, 0.3) is 0 Å². The van der Waals surface area contributed by atoms with Gasteiger partial charge in [-0.15, -0.1) is 0 Å². The van der Waals surface area contributed by atoms with Crippen molar-refractivity contribution in [3.63, 3.8) is 0 Å². The fraction of sp³-hybridized carbons (Fsp3) is 0. The first-order valence-corrected chi connectivity index (χ1v) is 12.6. The largest absolute Gasteiger partial charge is 0.340 e. The molecule has 3 aromatic heterocycles. The van der Waals surface area contributed by atoms with Gasteiger partial charge in [-0.25, -0.2) is 4.98 Å². The van der Waals surface area contributed by atoms with Gasteiger partial charge in [-0.3, -0.25) is 9.97 Å². The summed E-state index contributed by atoms with van der Waals surface area (Å²) in [4.78, 5) is 18.5. The molecule has 0 fully saturated rings. The highest BCUT2D eigenvalue weighted by Crippen LogP contribution is 2.37. The smallest absolute Gasteiger partial charge is 0.229 e. The minimum atomic E-state index is 0.420. The Bertz CT molecular complexity index is 1740. The van der Waals surface area contributed by atoms with Crippen LogP contribution in [0.2, 0.25) is 10.0 Å². The summed E-state index contributed by atoms with van der Waals surface area (Å²) in [5.74, 6) is 1.04. The van der Waals surface area contributed by atoms with Gasteiger partial charge in [0.15, 0.2) is 0 Å². The van der Waals surface area contributed by atoms with Crippen LogP contribution in [-0.4, -0.2) is 19.9 Å². The summed E-state index contributed by atoms with van der Waals surface area (Å²) >= 11 is 12.5. The molecule has 0 saturated carbocycles. The first kappa shape index (κ1) is 23.9. The SMILES string of the molecule is Clc1cccc(Nc2nc(Nc3cccc(Cl)c3)c3cc(-c4cccnc4)cc(-c4cccnc4)c3n2)c1. The number of nitrogens with zero attached hydrogens (tertiary/aromatic N) is 4. The van der Waals surface area contributed by atoms with Crippen molar-refractivity contribution in [2.45, 2.75) is 0 Å². The first-order valence-electron chi connectivity index (χ1n) is 11.8. The van der Waals surface area contributed by atoms with Gasteiger partial charge in [0.05, 0.1) is 5.52 Å². The summed E-state index contributed by atoms with van der Waals surface area (Å²) < 4.78 is 0. The molecule has 0 aliphatic heterocycles. The topological polar surface area (TPSA) is 75.6 Å². The molecule has 0 amide bonds. The van der Waals surface area contributed by atoms with Crippen molar-refractivity contribution in [2.75, 3.05) is 10.6 Å². The summed E-state index contributed by atoms with van der Waals surface area (Å²) in [6.07, 6.45) is 7.19. The van der Waals surface area contributed by atoms with Gasteiger partial charge in [-0.2, -0.15) is 4.98 Å². The number of halogens is 2. The molecule has 0 bridgehead atoms. The molecule has 0 saturated heterocycles. The predicted octanol–water partition coefficient (Wildman–Crippen LogP) is 8.55. The van der Waals surface area contributed by atoms with Crippen LogP contribution in [0.4, 0.5) is 23.1 Å². The molecule has 3 heterocycles. The third-order valence-electron chi connectivity index (χ3n) is 5.94. The number of hydrogen-bond donors (Lipinski definition) is 2. The molecule has 0 unspecified atom stereocenters. The zero-order valence-corrected chi connectivity index (χ0v) is 21.4. The monoisotopic (exact) mass is 534 g/mol. The first-order chi connectivity index (χ1) is 18.6. The lowest BCUT2D eigenvalue weighted by atomic mass is 9.97. The summed E-state index contributed by atoms with van der Waals surface area (Å²) in [6.45, 7) is 0. The van der Waals surface area contributed by atoms with E-state index in [1.165, 1.54) is 0 Å². The summed E-state index contributed by atoms with van der Waals surface area (Å²) in [5, 5.41) is 8.82. The number of benzene rings is 3. The standard InChI is InChI=1S/C30H20Cl2N6/c31-22-7-1-9-24(15-22)35-29-27-14-21(19-5-3-11-33-17-19)13-26(20-6-4-12-34-18-20)28(27)37-30(38-29)36-25-10-2-8-23(32)16-25/h1-18H,(H2,35,36,37,38). The van der Waals surface area contributed by atoms with E-state index in [9.17, 15) is 0 Å². The molecule has 0 radical (unpaired) electrons. The summed E-state index contributed by atoms with van der Waals surface area (Å²) in [6, 6.07) is 27.0. The van der Waals surface area contributed by atoms with Gasteiger partial charge in [0.1, 0.15) is 5.82 Å². The van der Waals surface area contributed by atoms with Crippen LogP contribution in [0.15, 0.2) is 110 Å². The molecule has 8 heteroatoms. The van der Waals surface area contributed by atoms with Crippen LogP contribution in [0.1, 0.15) is 0 Å². The van der Waals surface area contributed by atoms with E-state index in [4.69, 9.17) is 33.2 Å². The Balaban J connectivity index is 1.60. The van der Waals surface area contributed by atoms with Gasteiger partial charge in [0.2, 0.25) is 5.95 Å². The Morgan fingerprint density at radius 2 is 1.24 bits per heavy atom. The predicted molar refractivity (Wildman–Crippen MR) is 155 cm³/mol. The van der Waals surface area contributed by atoms with E-state index in [1.54, 1.807) is 12.4 Å². The van der Waals surface area contributed by atoms with Crippen molar-refractivity contribution < 1.29 is 0 Å². The number of fused-ring (bicyclic) bond motifs is 1. The van der Waals surface area contributed by atoms with Crippen molar-refractivity contribution >= 4 is 57.2 Å². The molecular formula is C30H20Cl2N6. The van der Waals surface area contributed by atoms with Crippen LogP contribution in [-0.2, 0) is 0 Å². The zero-order valence-electron chi connectivity index (χ0n) is 19.9. The molecule has 0 spiro atoms. The molecule has 2 N–H and O–H groups in total. The molecule has 6 aromatic rings. The van der Waals surface area contributed by atoms with Crippen LogP contribution in [0.5, 0.6) is 0 Å². The van der Waals surface area contributed by atoms with E-state index < -0.39 is 0 Å². The van der Waals surface area contributed by atoms with E-state index in [2.05, 4.69) is 32.7 Å². The van der Waals surface area contributed by atoms with Gasteiger partial charge in [-0.05, 0) is 66.2 Å². The number of rotatable bonds is 6. The Labute approximate surface area is 229 Å². The van der Waals surface area contributed by atoms with E-state index in [-0.39, 0.29) is 0 Å². The van der Waals surface area contributed by atoms with Gasteiger partial charge in [0, 0.05) is 68.3 Å². The minimum Gasteiger partial charge on any atom is -0.340 e. The molecule has 184 valence electrons.